The van der Waals surface area contributed by atoms with Crippen molar-refractivity contribution >= 4 is 65.0 Å². The maximum absolute atomic E-state index is 15.1. The summed E-state index contributed by atoms with van der Waals surface area (Å²) in [4.78, 5) is 164. The van der Waals surface area contributed by atoms with Crippen molar-refractivity contribution in [3.8, 4) is 0 Å². The Morgan fingerprint density at radius 1 is 0.470 bits per heavy atom. The normalized spacial score (nSPS) is 27.0. The minimum absolute atomic E-state index is 0.0201. The molecule has 11 amide bonds. The predicted octanol–water partition coefficient (Wildman–Crippen LogP) is 2.58. The summed E-state index contributed by atoms with van der Waals surface area (Å²) in [6, 6.07) is -12.4. The second-order valence-corrected chi connectivity index (χ2v) is 25.3. The van der Waals surface area contributed by atoms with Crippen LogP contribution in [0.2, 0.25) is 0 Å². The van der Waals surface area contributed by atoms with E-state index < -0.39 is 156 Å². The lowest BCUT2D eigenvalue weighted by molar-refractivity contribution is -0.157. The maximum atomic E-state index is 15.1. The molecule has 0 aromatic carbocycles. The highest BCUT2D eigenvalue weighted by atomic mass is 16.3. The third-order valence-electron chi connectivity index (χ3n) is 15.1. The van der Waals surface area contributed by atoms with Gasteiger partial charge in [-0.3, -0.25) is 52.7 Å². The zero-order chi connectivity index (χ0) is 64.2. The van der Waals surface area contributed by atoms with E-state index in [0.717, 1.165) is 9.80 Å². The molecule has 12 atom stereocenters. The number of likely N-dealkylation sites (N-methyl/N-ethyl adjacent to an activating group) is 5. The molecule has 0 saturated carbocycles. The summed E-state index contributed by atoms with van der Waals surface area (Å²) in [5.74, 6) is -10.0. The molecule has 0 aromatic rings. The van der Waals surface area contributed by atoms with E-state index in [9.17, 15) is 48.3 Å². The van der Waals surface area contributed by atoms with Crippen LogP contribution in [-0.4, -0.2) is 203 Å². The number of amides is 11. The number of carbonyl (C=O) groups excluding carboxylic acids is 11. The van der Waals surface area contributed by atoms with Crippen LogP contribution in [0.4, 0.5) is 0 Å². The second kappa shape index (κ2) is 34.6. The van der Waals surface area contributed by atoms with Gasteiger partial charge in [0.15, 0.2) is 0 Å². The number of carbonyl (C=O) groups is 11. The number of aliphatic hydroxyl groups is 1. The summed E-state index contributed by atoms with van der Waals surface area (Å²) in [6.07, 6.45) is 2.98. The van der Waals surface area contributed by atoms with E-state index in [1.807, 2.05) is 55.4 Å². The first-order valence-electron chi connectivity index (χ1n) is 29.8. The van der Waals surface area contributed by atoms with Gasteiger partial charge in [0, 0.05) is 35.2 Å². The third kappa shape index (κ3) is 22.4. The molecule has 7 N–H and O–H groups in total. The van der Waals surface area contributed by atoms with E-state index in [-0.39, 0.29) is 55.8 Å². The molecule has 1 heterocycles. The predicted molar refractivity (Wildman–Crippen MR) is 319 cm³/mol. The second-order valence-electron chi connectivity index (χ2n) is 25.3. The van der Waals surface area contributed by atoms with Crippen LogP contribution in [0, 0.1) is 41.4 Å². The summed E-state index contributed by atoms with van der Waals surface area (Å²) < 4.78 is 0. The zero-order valence-corrected chi connectivity index (χ0v) is 54.2. The lowest BCUT2D eigenvalue weighted by atomic mass is 9.91. The number of nitrogens with zero attached hydrogens (tertiary/aromatic N) is 5. The fourth-order valence-corrected chi connectivity index (χ4v) is 10.2. The van der Waals surface area contributed by atoms with E-state index in [4.69, 9.17) is 0 Å². The van der Waals surface area contributed by atoms with Crippen molar-refractivity contribution in [3.05, 3.63) is 12.2 Å². The summed E-state index contributed by atoms with van der Waals surface area (Å²) >= 11 is 0. The molecule has 1 saturated heterocycles. The van der Waals surface area contributed by atoms with E-state index in [1.54, 1.807) is 60.6 Å². The molecule has 1 aliphatic rings. The van der Waals surface area contributed by atoms with E-state index in [0.29, 0.717) is 6.42 Å². The number of hydrogen-bond donors (Lipinski definition) is 7. The van der Waals surface area contributed by atoms with Gasteiger partial charge in [0.2, 0.25) is 65.0 Å². The standard InChI is InChI=1S/C60H107N11O12/c1-23-25-26-38(15)50(73)49-55(78)64-41(24-2)57(80)67(18)31-46(72)63-42(27-32(3)4)53(76)66-47(36(11)12)54(77)65-43(28-33(5)6)52(75)61-39(16)51(74)62-40(17)56(79)68(19)44(29-34(7)8)58(81)69(20)45(30-35(9)10)59(82)70(21)48(37(13)14)60(83)71(49)22/h23,25,32-45,47-50,73H,24,26-31H2,1-22H3,(H,61,75)(H,62,74)(H,63,72)(H,64,78)(H,65,77)(H,66,76)/b25-23+/t38-,39+,40-,41+,42+,43+,44+,45+,47+,48+,49+,50-/m1/s1. The summed E-state index contributed by atoms with van der Waals surface area (Å²) in [5.41, 5.74) is 0. The molecule has 474 valence electrons. The molecule has 0 aromatic heterocycles. The molecule has 0 bridgehead atoms. The summed E-state index contributed by atoms with van der Waals surface area (Å²) in [6.45, 7) is 29.1. The van der Waals surface area contributed by atoms with E-state index in [2.05, 4.69) is 31.9 Å². The molecular weight excluding hydrogens is 1070 g/mol. The van der Waals surface area contributed by atoms with Gasteiger partial charge in [0.05, 0.1) is 12.6 Å². The van der Waals surface area contributed by atoms with Crippen LogP contribution >= 0.6 is 0 Å². The smallest absolute Gasteiger partial charge is 0.246 e. The van der Waals surface area contributed by atoms with Crippen LogP contribution in [0.1, 0.15) is 156 Å². The molecular formula is C60H107N11O12. The first-order valence-corrected chi connectivity index (χ1v) is 29.8. The molecule has 1 fully saturated rings. The average Bonchev–Trinajstić information content (AvgIpc) is 3.45. The fraction of sp³-hybridized carbons (Fsp3) is 0.783. The largest absolute Gasteiger partial charge is 0.390 e. The van der Waals surface area contributed by atoms with Crippen LogP contribution in [0.5, 0.6) is 0 Å². The highest BCUT2D eigenvalue weighted by Crippen LogP contribution is 2.25. The summed E-state index contributed by atoms with van der Waals surface area (Å²) in [7, 11) is 7.02. The highest BCUT2D eigenvalue weighted by Gasteiger charge is 2.45. The van der Waals surface area contributed by atoms with Crippen molar-refractivity contribution in [1.29, 1.82) is 0 Å². The lowest BCUT2D eigenvalue weighted by Crippen LogP contribution is -2.63. The van der Waals surface area contributed by atoms with Gasteiger partial charge in [-0.1, -0.05) is 109 Å². The zero-order valence-electron chi connectivity index (χ0n) is 54.2. The quantitative estimate of drug-likeness (QED) is 0.117. The monoisotopic (exact) mass is 1170 g/mol. The molecule has 1 rings (SSSR count). The number of rotatable bonds is 15. The van der Waals surface area contributed by atoms with Gasteiger partial charge < -0.3 is 61.5 Å². The average molecular weight is 1170 g/mol. The molecule has 0 spiro atoms. The lowest BCUT2D eigenvalue weighted by Gasteiger charge is -2.41. The van der Waals surface area contributed by atoms with Crippen LogP contribution < -0.4 is 31.9 Å². The Bertz CT molecular complexity index is 2250. The Morgan fingerprint density at radius 3 is 1.36 bits per heavy atom. The SMILES string of the molecule is C/C=C/C[C@@H](C)[C@@H](O)[C@H]1C(=O)N[C@@H](CC)C(=O)N(C)CC(=O)N[C@@H](CC(C)C)C(=O)N[C@@H](C(C)C)C(=O)N[C@@H](CC(C)C)C(=O)N[C@@H](C)C(=O)N[C@H](C)C(=O)N(C)[C@@H](CC(C)C)C(=O)N(C)[C@@H](CC(C)C)C(=O)N(C)[C@@H](C(C)C)C(=O)N1C. The van der Waals surface area contributed by atoms with Crippen LogP contribution in [0.25, 0.3) is 0 Å². The summed E-state index contributed by atoms with van der Waals surface area (Å²) in [5, 5.41) is 28.3. The van der Waals surface area contributed by atoms with Crippen molar-refractivity contribution < 1.29 is 57.8 Å². The fourth-order valence-electron chi connectivity index (χ4n) is 10.2. The number of hydrogen-bond acceptors (Lipinski definition) is 12. The minimum atomic E-state index is -1.61. The maximum Gasteiger partial charge on any atom is 0.246 e. The Morgan fingerprint density at radius 2 is 0.904 bits per heavy atom. The topological polar surface area (TPSA) is 296 Å². The Kier molecular flexibility index (Phi) is 31.2. The minimum Gasteiger partial charge on any atom is -0.390 e. The Hall–Kier alpha value is -6.13. The van der Waals surface area contributed by atoms with Crippen LogP contribution in [-0.2, 0) is 52.7 Å². The van der Waals surface area contributed by atoms with Crippen molar-refractivity contribution in [3.63, 3.8) is 0 Å². The highest BCUT2D eigenvalue weighted by molar-refractivity contribution is 5.99. The third-order valence-corrected chi connectivity index (χ3v) is 15.1. The van der Waals surface area contributed by atoms with Gasteiger partial charge in [0.1, 0.15) is 60.4 Å². The molecule has 0 radical (unpaired) electrons. The van der Waals surface area contributed by atoms with Crippen LogP contribution in [0.3, 0.4) is 0 Å². The van der Waals surface area contributed by atoms with Crippen molar-refractivity contribution in [2.24, 2.45) is 41.4 Å². The molecule has 83 heavy (non-hydrogen) atoms. The van der Waals surface area contributed by atoms with Gasteiger partial charge >= 0.3 is 0 Å². The van der Waals surface area contributed by atoms with Gasteiger partial charge in [-0.05, 0) is 101 Å². The Labute approximate surface area is 495 Å². The van der Waals surface area contributed by atoms with Gasteiger partial charge in [-0.25, -0.2) is 0 Å². The van der Waals surface area contributed by atoms with E-state index >= 15 is 9.59 Å². The first kappa shape index (κ1) is 74.9. The molecule has 23 nitrogen and oxygen atoms in total. The first-order chi connectivity index (χ1) is 38.4. The van der Waals surface area contributed by atoms with Gasteiger partial charge in [-0.2, -0.15) is 0 Å². The van der Waals surface area contributed by atoms with Gasteiger partial charge in [-0.15, -0.1) is 0 Å². The number of nitrogens with one attached hydrogen (secondary N) is 6. The van der Waals surface area contributed by atoms with Crippen molar-refractivity contribution in [2.45, 2.75) is 223 Å². The number of allylic oxidation sites excluding steroid dienone is 2. The van der Waals surface area contributed by atoms with Crippen molar-refractivity contribution in [1.82, 2.24) is 56.4 Å². The Balaban J connectivity index is 4.23. The van der Waals surface area contributed by atoms with Gasteiger partial charge in [0.25, 0.3) is 0 Å². The molecule has 23 heteroatoms. The number of aliphatic hydroxyl groups excluding tert-OH is 1. The van der Waals surface area contributed by atoms with Crippen LogP contribution in [0.15, 0.2) is 12.2 Å². The molecule has 0 unspecified atom stereocenters. The molecule has 1 aliphatic heterocycles. The molecule has 0 aliphatic carbocycles. The van der Waals surface area contributed by atoms with Crippen molar-refractivity contribution in [2.75, 3.05) is 41.8 Å². The van der Waals surface area contributed by atoms with E-state index in [1.165, 1.54) is 63.8 Å².